The number of ether oxygens (including phenoxy) is 13. The number of alkyl halides is 3. The molecule has 0 spiro atoms. The van der Waals surface area contributed by atoms with Gasteiger partial charge in [0.15, 0.2) is 0 Å². The van der Waals surface area contributed by atoms with E-state index in [1.54, 1.807) is 54.7 Å². The number of likely N-dealkylation sites (tertiary alicyclic amines) is 1. The molecular formula is C55H79F3N6O17. The SMILES string of the molecule is CN1C(=O)C[C@H](C(=O)NCCOCCOCCOCCOCCOCCOCCOCCOCCOCCOCCOCCOCCC(=O)N[C@@H]2CN(C(=O)OCc3ccccc3)Cc3cc(C(F)(F)F)cnc32)[C@H]1c1cccnc1. The van der Waals surface area contributed by atoms with Crippen molar-refractivity contribution < 1.29 is 93.9 Å². The Bertz CT molecular complexity index is 2210. The summed E-state index contributed by atoms with van der Waals surface area (Å²) >= 11 is 0. The predicted octanol–water partition coefficient (Wildman–Crippen LogP) is 3.73. The lowest BCUT2D eigenvalue weighted by Crippen LogP contribution is -2.45. The molecular weight excluding hydrogens is 1070 g/mol. The van der Waals surface area contributed by atoms with Crippen LogP contribution in [0.15, 0.2) is 67.1 Å². The number of nitrogens with one attached hydrogen (secondary N) is 2. The Labute approximate surface area is 470 Å². The fraction of sp³-hybridized carbons (Fsp3) is 0.636. The monoisotopic (exact) mass is 1150 g/mol. The van der Waals surface area contributed by atoms with E-state index in [0.717, 1.165) is 23.4 Å². The van der Waals surface area contributed by atoms with Crippen LogP contribution < -0.4 is 10.6 Å². The summed E-state index contributed by atoms with van der Waals surface area (Å²) in [4.78, 5) is 61.9. The third-order valence-electron chi connectivity index (χ3n) is 12.3. The molecule has 0 bridgehead atoms. The molecule has 23 nitrogen and oxygen atoms in total. The van der Waals surface area contributed by atoms with Crippen molar-refractivity contribution in [2.45, 2.75) is 44.3 Å². The predicted molar refractivity (Wildman–Crippen MR) is 282 cm³/mol. The fourth-order valence-corrected chi connectivity index (χ4v) is 8.20. The van der Waals surface area contributed by atoms with Gasteiger partial charge in [0.05, 0.1) is 201 Å². The second-order valence-electron chi connectivity index (χ2n) is 18.2. The highest BCUT2D eigenvalue weighted by atomic mass is 19.4. The molecule has 4 amide bonds. The van der Waals surface area contributed by atoms with Gasteiger partial charge < -0.3 is 82.0 Å². The zero-order chi connectivity index (χ0) is 57.6. The van der Waals surface area contributed by atoms with E-state index in [4.69, 9.17) is 61.6 Å². The molecule has 2 N–H and O–H groups in total. The van der Waals surface area contributed by atoms with Crippen molar-refractivity contribution in [3.8, 4) is 0 Å². The summed E-state index contributed by atoms with van der Waals surface area (Å²) in [5, 5.41) is 5.65. The molecule has 5 rings (SSSR count). The van der Waals surface area contributed by atoms with E-state index in [1.807, 2.05) is 12.1 Å². The van der Waals surface area contributed by atoms with Gasteiger partial charge in [0.2, 0.25) is 17.7 Å². The average Bonchev–Trinajstić information content (AvgIpc) is 3.89. The summed E-state index contributed by atoms with van der Waals surface area (Å²) in [7, 11) is 1.71. The third-order valence-corrected chi connectivity index (χ3v) is 12.3. The quantitative estimate of drug-likeness (QED) is 0.0766. The van der Waals surface area contributed by atoms with Gasteiger partial charge in [0, 0.05) is 45.0 Å². The molecule has 3 atom stereocenters. The number of hydrogen-bond donors (Lipinski definition) is 2. The summed E-state index contributed by atoms with van der Waals surface area (Å²) in [6.07, 6.45) is -1.16. The van der Waals surface area contributed by atoms with Crippen LogP contribution in [-0.4, -0.2) is 222 Å². The molecule has 0 aliphatic carbocycles. The molecule has 81 heavy (non-hydrogen) atoms. The zero-order valence-electron chi connectivity index (χ0n) is 46.2. The number of rotatable bonds is 44. The van der Waals surface area contributed by atoms with E-state index in [2.05, 4.69) is 20.6 Å². The Morgan fingerprint density at radius 1 is 0.630 bits per heavy atom. The number of halogens is 3. The number of benzene rings is 1. The van der Waals surface area contributed by atoms with Gasteiger partial charge in [-0.1, -0.05) is 36.4 Å². The van der Waals surface area contributed by atoms with E-state index >= 15 is 0 Å². The number of nitrogens with zero attached hydrogens (tertiary/aromatic N) is 4. The largest absolute Gasteiger partial charge is 0.445 e. The summed E-state index contributed by atoms with van der Waals surface area (Å²) in [6, 6.07) is 12.4. The van der Waals surface area contributed by atoms with E-state index in [-0.39, 0.29) is 81.5 Å². The molecule has 1 aromatic carbocycles. The lowest BCUT2D eigenvalue weighted by atomic mass is 9.94. The van der Waals surface area contributed by atoms with Gasteiger partial charge >= 0.3 is 12.3 Å². The Kier molecular flexibility index (Phi) is 32.6. The summed E-state index contributed by atoms with van der Waals surface area (Å²) in [5.74, 6) is -1.16. The van der Waals surface area contributed by atoms with Crippen LogP contribution in [0.25, 0.3) is 0 Å². The van der Waals surface area contributed by atoms with Crippen LogP contribution >= 0.6 is 0 Å². The topological polar surface area (TPSA) is 245 Å². The lowest BCUT2D eigenvalue weighted by molar-refractivity contribution is -0.138. The van der Waals surface area contributed by atoms with E-state index < -0.39 is 35.7 Å². The number of aromatic nitrogens is 2. The molecule has 0 saturated carbocycles. The number of fused-ring (bicyclic) bond motifs is 1. The summed E-state index contributed by atoms with van der Waals surface area (Å²) < 4.78 is 112. The molecule has 4 heterocycles. The molecule has 3 aromatic rings. The maximum absolute atomic E-state index is 13.5. The second kappa shape index (κ2) is 39.9. The fourth-order valence-electron chi connectivity index (χ4n) is 8.20. The van der Waals surface area contributed by atoms with Gasteiger partial charge in [-0.05, 0) is 28.8 Å². The first kappa shape index (κ1) is 66.3. The number of hydrogen-bond acceptors (Lipinski definition) is 19. The Morgan fingerprint density at radius 3 is 1.58 bits per heavy atom. The number of amides is 4. The van der Waals surface area contributed by atoms with Crippen LogP contribution in [-0.2, 0) is 95.3 Å². The van der Waals surface area contributed by atoms with Crippen LogP contribution in [0.2, 0.25) is 0 Å². The van der Waals surface area contributed by atoms with Crippen LogP contribution in [0.5, 0.6) is 0 Å². The molecule has 26 heteroatoms. The van der Waals surface area contributed by atoms with Crippen molar-refractivity contribution in [1.29, 1.82) is 0 Å². The van der Waals surface area contributed by atoms with Gasteiger partial charge in [0.25, 0.3) is 0 Å². The minimum Gasteiger partial charge on any atom is -0.445 e. The Hall–Kier alpha value is -5.49. The molecule has 0 radical (unpaired) electrons. The van der Waals surface area contributed by atoms with Crippen molar-refractivity contribution in [1.82, 2.24) is 30.4 Å². The first-order valence-corrected chi connectivity index (χ1v) is 27.2. The van der Waals surface area contributed by atoms with E-state index in [1.165, 1.54) is 4.90 Å². The maximum atomic E-state index is 13.5. The van der Waals surface area contributed by atoms with E-state index in [0.29, 0.717) is 145 Å². The molecule has 2 aliphatic rings. The second-order valence-corrected chi connectivity index (χ2v) is 18.2. The lowest BCUT2D eigenvalue weighted by Gasteiger charge is -2.34. The average molecular weight is 1150 g/mol. The van der Waals surface area contributed by atoms with Crippen LogP contribution in [0, 0.1) is 5.92 Å². The zero-order valence-corrected chi connectivity index (χ0v) is 46.2. The van der Waals surface area contributed by atoms with Gasteiger partial charge in [-0.2, -0.15) is 13.2 Å². The Morgan fingerprint density at radius 2 is 1.11 bits per heavy atom. The summed E-state index contributed by atoms with van der Waals surface area (Å²) in [6.45, 7) is 9.34. The minimum absolute atomic E-state index is 0.0189. The molecule has 1 fully saturated rings. The van der Waals surface area contributed by atoms with Gasteiger partial charge in [-0.3, -0.25) is 24.4 Å². The molecule has 1 saturated heterocycles. The van der Waals surface area contributed by atoms with Crippen LogP contribution in [0.4, 0.5) is 18.0 Å². The smallest absolute Gasteiger partial charge is 0.417 e. The van der Waals surface area contributed by atoms with Crippen molar-refractivity contribution in [2.24, 2.45) is 5.92 Å². The highest BCUT2D eigenvalue weighted by Crippen LogP contribution is 2.37. The first-order chi connectivity index (χ1) is 39.5. The Balaban J connectivity index is 0.701. The molecule has 452 valence electrons. The van der Waals surface area contributed by atoms with Crippen LogP contribution in [0.1, 0.15) is 52.9 Å². The van der Waals surface area contributed by atoms with Gasteiger partial charge in [-0.25, -0.2) is 4.79 Å². The minimum atomic E-state index is -4.63. The third kappa shape index (κ3) is 27.0. The molecule has 0 unspecified atom stereocenters. The molecule has 2 aromatic heterocycles. The molecule has 2 aliphatic heterocycles. The van der Waals surface area contributed by atoms with Gasteiger partial charge in [0.1, 0.15) is 6.61 Å². The highest BCUT2D eigenvalue weighted by Gasteiger charge is 2.43. The normalized spacial score (nSPS) is 16.2. The number of carbonyl (C=O) groups excluding carboxylic acids is 4. The van der Waals surface area contributed by atoms with Gasteiger partial charge in [-0.15, -0.1) is 0 Å². The van der Waals surface area contributed by atoms with E-state index in [9.17, 15) is 32.3 Å². The number of carbonyl (C=O) groups is 4. The highest BCUT2D eigenvalue weighted by molar-refractivity contribution is 5.90. The van der Waals surface area contributed by atoms with Crippen molar-refractivity contribution >= 4 is 23.8 Å². The van der Waals surface area contributed by atoms with Crippen molar-refractivity contribution in [3.05, 3.63) is 95.1 Å². The number of pyridine rings is 2. The summed E-state index contributed by atoms with van der Waals surface area (Å²) in [5.41, 5.74) is 1.04. The standard InChI is InChI=1S/C55H79F3N6O17/c1-63-50(66)37-47(52(63)44-8-5-10-59-38-44)53(67)60-11-13-70-15-17-72-19-21-74-23-25-76-27-29-78-31-33-80-35-34-79-32-30-77-28-26-75-24-22-73-20-18-71-16-14-69-12-9-49(65)62-48-41-64(54(68)81-42-43-6-3-2-4-7-43)40-45-36-46(55(56,57)58)39-61-51(45)48/h2-8,10,36,38-39,47-48,52H,9,11-35,37,40-42H2,1H3,(H,60,67)(H,62,65)/t47-,48+,52+/m0/s1. The van der Waals surface area contributed by atoms with Crippen molar-refractivity contribution in [3.63, 3.8) is 0 Å². The first-order valence-electron chi connectivity index (χ1n) is 27.2. The van der Waals surface area contributed by atoms with Crippen molar-refractivity contribution in [2.75, 3.05) is 179 Å². The van der Waals surface area contributed by atoms with Crippen LogP contribution in [0.3, 0.4) is 0 Å². The maximum Gasteiger partial charge on any atom is 0.417 e.